The number of ether oxygens (including phenoxy) is 1. The maximum atomic E-state index is 13.9. The normalized spacial score (nSPS) is 15.3. The Morgan fingerprint density at radius 1 is 1.40 bits per heavy atom. The maximum Gasteiger partial charge on any atom is 0.260 e. The molecule has 0 spiro atoms. The van der Waals surface area contributed by atoms with Gasteiger partial charge in [-0.1, -0.05) is 13.0 Å². The third-order valence-corrected chi connectivity index (χ3v) is 3.16. The smallest absolute Gasteiger partial charge is 0.260 e. The number of nitrogens with two attached hydrogens (primary N) is 1. The number of nitrogens with one attached hydrogen (secondary N) is 1. The molecule has 0 saturated heterocycles. The Kier molecular flexibility index (Phi) is 5.95. The summed E-state index contributed by atoms with van der Waals surface area (Å²) in [7, 11) is 0. The van der Waals surface area contributed by atoms with Gasteiger partial charge in [0.1, 0.15) is 0 Å². The molecule has 0 fully saturated rings. The van der Waals surface area contributed by atoms with Gasteiger partial charge >= 0.3 is 0 Å². The fraction of sp³-hybridized carbons (Fsp3) is 0.533. The van der Waals surface area contributed by atoms with Gasteiger partial charge < -0.3 is 15.8 Å². The lowest BCUT2D eigenvalue weighted by Gasteiger charge is -2.18. The van der Waals surface area contributed by atoms with Crippen molar-refractivity contribution in [3.63, 3.8) is 0 Å². The molecule has 2 unspecified atom stereocenters. The summed E-state index contributed by atoms with van der Waals surface area (Å²) in [6.07, 6.45) is 0.0789. The van der Waals surface area contributed by atoms with E-state index in [-0.39, 0.29) is 23.7 Å². The minimum absolute atomic E-state index is 0.0567. The molecule has 0 aliphatic rings. The van der Waals surface area contributed by atoms with Gasteiger partial charge in [0.2, 0.25) is 0 Å². The number of carbonyl (C=O) groups excluding carboxylic acids is 1. The molecule has 3 atom stereocenters. The van der Waals surface area contributed by atoms with Crippen LogP contribution in [0.3, 0.4) is 0 Å². The number of amides is 1. The Morgan fingerprint density at radius 2 is 2.05 bits per heavy atom. The molecule has 20 heavy (non-hydrogen) atoms. The lowest BCUT2D eigenvalue weighted by molar-refractivity contribution is -0.127. The van der Waals surface area contributed by atoms with E-state index in [2.05, 4.69) is 5.32 Å². The van der Waals surface area contributed by atoms with E-state index in [1.54, 1.807) is 19.9 Å². The first-order valence-corrected chi connectivity index (χ1v) is 6.87. The summed E-state index contributed by atoms with van der Waals surface area (Å²) in [5.41, 5.74) is 6.37. The van der Waals surface area contributed by atoms with Crippen LogP contribution in [0.4, 0.5) is 4.39 Å². The Bertz CT molecular complexity index is 463. The Balaban J connectivity index is 2.71. The SMILES string of the molecule is CCC(C)NC(=O)C(C)Oc1ccc([C@@H](C)N)cc1F. The highest BCUT2D eigenvalue weighted by molar-refractivity contribution is 5.80. The minimum Gasteiger partial charge on any atom is -0.478 e. The number of halogens is 1. The molecule has 0 heterocycles. The summed E-state index contributed by atoms with van der Waals surface area (Å²) in [4.78, 5) is 11.8. The molecule has 0 aliphatic carbocycles. The van der Waals surface area contributed by atoms with Crippen LogP contribution in [0, 0.1) is 5.82 Å². The molecule has 4 nitrogen and oxygen atoms in total. The van der Waals surface area contributed by atoms with E-state index in [9.17, 15) is 9.18 Å². The minimum atomic E-state index is -0.750. The highest BCUT2D eigenvalue weighted by atomic mass is 19.1. The molecule has 1 amide bonds. The van der Waals surface area contributed by atoms with E-state index in [4.69, 9.17) is 10.5 Å². The summed E-state index contributed by atoms with van der Waals surface area (Å²) in [6, 6.07) is 4.35. The second kappa shape index (κ2) is 7.24. The van der Waals surface area contributed by atoms with Crippen LogP contribution in [0.25, 0.3) is 0 Å². The van der Waals surface area contributed by atoms with Crippen molar-refractivity contribution in [2.24, 2.45) is 5.73 Å². The van der Waals surface area contributed by atoms with Crippen LogP contribution >= 0.6 is 0 Å². The van der Waals surface area contributed by atoms with Crippen LogP contribution < -0.4 is 15.8 Å². The Morgan fingerprint density at radius 3 is 2.55 bits per heavy atom. The Labute approximate surface area is 119 Å². The van der Waals surface area contributed by atoms with Gasteiger partial charge in [-0.25, -0.2) is 4.39 Å². The molecule has 0 aromatic heterocycles. The lowest BCUT2D eigenvalue weighted by atomic mass is 10.1. The van der Waals surface area contributed by atoms with Crippen LogP contribution in [0.2, 0.25) is 0 Å². The van der Waals surface area contributed by atoms with Gasteiger partial charge in [0.05, 0.1) is 0 Å². The van der Waals surface area contributed by atoms with E-state index < -0.39 is 11.9 Å². The number of benzene rings is 1. The highest BCUT2D eigenvalue weighted by Gasteiger charge is 2.18. The quantitative estimate of drug-likeness (QED) is 0.842. The fourth-order valence-corrected chi connectivity index (χ4v) is 1.60. The average Bonchev–Trinajstić information content (AvgIpc) is 2.40. The third kappa shape index (κ3) is 4.49. The van der Waals surface area contributed by atoms with E-state index in [1.165, 1.54) is 12.1 Å². The largest absolute Gasteiger partial charge is 0.478 e. The summed E-state index contributed by atoms with van der Waals surface area (Å²) >= 11 is 0. The molecular formula is C15H23FN2O2. The first-order valence-electron chi connectivity index (χ1n) is 6.87. The van der Waals surface area contributed by atoms with Gasteiger partial charge in [-0.3, -0.25) is 4.79 Å². The van der Waals surface area contributed by atoms with Crippen molar-refractivity contribution >= 4 is 5.91 Å². The third-order valence-electron chi connectivity index (χ3n) is 3.16. The van der Waals surface area contributed by atoms with Crippen molar-refractivity contribution in [1.29, 1.82) is 0 Å². The van der Waals surface area contributed by atoms with Crippen LogP contribution in [-0.2, 0) is 4.79 Å². The zero-order valence-corrected chi connectivity index (χ0v) is 12.4. The second-order valence-electron chi connectivity index (χ2n) is 5.06. The van der Waals surface area contributed by atoms with Crippen molar-refractivity contribution in [1.82, 2.24) is 5.32 Å². The molecule has 0 saturated carbocycles. The molecule has 5 heteroatoms. The van der Waals surface area contributed by atoms with Crippen LogP contribution in [0.5, 0.6) is 5.75 Å². The molecule has 3 N–H and O–H groups in total. The van der Waals surface area contributed by atoms with E-state index in [0.717, 1.165) is 6.42 Å². The zero-order chi connectivity index (χ0) is 15.3. The number of hydrogen-bond donors (Lipinski definition) is 2. The summed E-state index contributed by atoms with van der Waals surface area (Å²) in [6.45, 7) is 7.25. The standard InChI is InChI=1S/C15H23FN2O2/c1-5-9(2)18-15(19)11(4)20-14-7-6-12(10(3)17)8-13(14)16/h6-11H,5,17H2,1-4H3,(H,18,19)/t9?,10-,11?/m1/s1. The van der Waals surface area contributed by atoms with Crippen molar-refractivity contribution in [3.8, 4) is 5.75 Å². The second-order valence-corrected chi connectivity index (χ2v) is 5.06. The van der Waals surface area contributed by atoms with E-state index >= 15 is 0 Å². The van der Waals surface area contributed by atoms with Crippen LogP contribution in [-0.4, -0.2) is 18.1 Å². The van der Waals surface area contributed by atoms with E-state index in [1.807, 2.05) is 13.8 Å². The molecule has 0 radical (unpaired) electrons. The molecule has 1 aromatic rings. The van der Waals surface area contributed by atoms with Crippen molar-refractivity contribution in [3.05, 3.63) is 29.6 Å². The average molecular weight is 282 g/mol. The van der Waals surface area contributed by atoms with Gasteiger partial charge in [0, 0.05) is 12.1 Å². The fourth-order valence-electron chi connectivity index (χ4n) is 1.60. The number of rotatable bonds is 6. The van der Waals surface area contributed by atoms with E-state index in [0.29, 0.717) is 5.56 Å². The van der Waals surface area contributed by atoms with Crippen molar-refractivity contribution in [2.75, 3.05) is 0 Å². The van der Waals surface area contributed by atoms with Crippen molar-refractivity contribution < 1.29 is 13.9 Å². The molecule has 112 valence electrons. The van der Waals surface area contributed by atoms with Crippen molar-refractivity contribution in [2.45, 2.75) is 52.3 Å². The zero-order valence-electron chi connectivity index (χ0n) is 12.4. The molecule has 0 bridgehead atoms. The first-order chi connectivity index (χ1) is 9.35. The van der Waals surface area contributed by atoms with Gasteiger partial charge in [-0.15, -0.1) is 0 Å². The molecule has 0 aliphatic heterocycles. The topological polar surface area (TPSA) is 64.3 Å². The number of carbonyl (C=O) groups is 1. The first kappa shape index (κ1) is 16.4. The molecule has 1 rings (SSSR count). The summed E-state index contributed by atoms with van der Waals surface area (Å²) in [5.74, 6) is -0.709. The van der Waals surface area contributed by atoms with Crippen LogP contribution in [0.1, 0.15) is 45.7 Å². The maximum absolute atomic E-state index is 13.9. The van der Waals surface area contributed by atoms with Gasteiger partial charge in [-0.2, -0.15) is 0 Å². The molecular weight excluding hydrogens is 259 g/mol. The highest BCUT2D eigenvalue weighted by Crippen LogP contribution is 2.22. The predicted octanol–water partition coefficient (Wildman–Crippen LogP) is 2.53. The van der Waals surface area contributed by atoms with Crippen LogP contribution in [0.15, 0.2) is 18.2 Å². The summed E-state index contributed by atoms with van der Waals surface area (Å²) in [5, 5.41) is 2.79. The number of hydrogen-bond acceptors (Lipinski definition) is 3. The Hall–Kier alpha value is -1.62. The monoisotopic (exact) mass is 282 g/mol. The summed E-state index contributed by atoms with van der Waals surface area (Å²) < 4.78 is 19.2. The van der Waals surface area contributed by atoms with Gasteiger partial charge in [0.25, 0.3) is 5.91 Å². The lowest BCUT2D eigenvalue weighted by Crippen LogP contribution is -2.41. The predicted molar refractivity (Wildman–Crippen MR) is 77.0 cm³/mol. The van der Waals surface area contributed by atoms with Gasteiger partial charge in [0.15, 0.2) is 17.7 Å². The molecule has 1 aromatic carbocycles. The van der Waals surface area contributed by atoms with Gasteiger partial charge in [-0.05, 0) is 44.9 Å².